The van der Waals surface area contributed by atoms with Crippen molar-refractivity contribution in [2.24, 2.45) is 5.73 Å². The number of hydrogen-bond donors (Lipinski definition) is 1. The minimum Gasteiger partial charge on any atom is -0.329 e. The van der Waals surface area contributed by atoms with Gasteiger partial charge in [-0.3, -0.25) is 0 Å². The predicted molar refractivity (Wildman–Crippen MR) is 61.3 cm³/mol. The molecule has 14 heavy (non-hydrogen) atoms. The van der Waals surface area contributed by atoms with E-state index in [1.54, 1.807) is 0 Å². The zero-order valence-corrected chi connectivity index (χ0v) is 9.33. The van der Waals surface area contributed by atoms with Crippen molar-refractivity contribution in [3.8, 4) is 0 Å². The molecule has 1 rings (SSSR count). The maximum absolute atomic E-state index is 5.73. The van der Waals surface area contributed by atoms with Crippen molar-refractivity contribution in [2.75, 3.05) is 20.6 Å². The molecule has 0 aliphatic carbocycles. The van der Waals surface area contributed by atoms with Crippen LogP contribution in [0, 0.1) is 0 Å². The molecule has 0 spiro atoms. The standard InChI is InChI=1S/C12H20N2/c1-4-10-5-7-11(8-6-10)12(9-13)14(2)3/h5-8,12H,4,9,13H2,1-3H3/t12-/m0/s1. The average Bonchev–Trinajstić information content (AvgIpc) is 2.19. The van der Waals surface area contributed by atoms with E-state index >= 15 is 0 Å². The van der Waals surface area contributed by atoms with Crippen LogP contribution in [0.2, 0.25) is 0 Å². The van der Waals surface area contributed by atoms with E-state index < -0.39 is 0 Å². The third-order valence-corrected chi connectivity index (χ3v) is 2.62. The molecule has 0 aliphatic rings. The zero-order chi connectivity index (χ0) is 10.6. The molecule has 1 atom stereocenters. The molecule has 0 amide bonds. The second-order valence-electron chi connectivity index (χ2n) is 3.81. The number of likely N-dealkylation sites (N-methyl/N-ethyl adjacent to an activating group) is 1. The summed E-state index contributed by atoms with van der Waals surface area (Å²) in [7, 11) is 4.12. The first-order chi connectivity index (χ1) is 6.69. The SMILES string of the molecule is CCc1ccc([C@H](CN)N(C)C)cc1. The number of benzene rings is 1. The van der Waals surface area contributed by atoms with Gasteiger partial charge in [0, 0.05) is 12.6 Å². The van der Waals surface area contributed by atoms with Crippen LogP contribution in [0.25, 0.3) is 0 Å². The van der Waals surface area contributed by atoms with Crippen molar-refractivity contribution >= 4 is 0 Å². The van der Waals surface area contributed by atoms with Crippen LogP contribution in [0.15, 0.2) is 24.3 Å². The lowest BCUT2D eigenvalue weighted by molar-refractivity contribution is 0.306. The highest BCUT2D eigenvalue weighted by molar-refractivity contribution is 5.25. The van der Waals surface area contributed by atoms with Crippen LogP contribution < -0.4 is 5.73 Å². The third kappa shape index (κ3) is 2.56. The Labute approximate surface area is 86.7 Å². The molecule has 2 nitrogen and oxygen atoms in total. The molecule has 1 aromatic carbocycles. The Morgan fingerprint density at radius 1 is 1.21 bits per heavy atom. The fraction of sp³-hybridized carbons (Fsp3) is 0.500. The van der Waals surface area contributed by atoms with E-state index in [4.69, 9.17) is 5.73 Å². The fourth-order valence-corrected chi connectivity index (χ4v) is 1.62. The first-order valence-corrected chi connectivity index (χ1v) is 5.14. The molecule has 0 aromatic heterocycles. The van der Waals surface area contributed by atoms with Crippen LogP contribution in [0.1, 0.15) is 24.1 Å². The van der Waals surface area contributed by atoms with Crippen molar-refractivity contribution in [1.29, 1.82) is 0 Å². The normalized spacial score (nSPS) is 13.2. The topological polar surface area (TPSA) is 29.3 Å². The summed E-state index contributed by atoms with van der Waals surface area (Å²) < 4.78 is 0. The first-order valence-electron chi connectivity index (χ1n) is 5.14. The van der Waals surface area contributed by atoms with Gasteiger partial charge in [0.1, 0.15) is 0 Å². The molecule has 2 heteroatoms. The lowest BCUT2D eigenvalue weighted by Crippen LogP contribution is -2.27. The Morgan fingerprint density at radius 3 is 2.14 bits per heavy atom. The van der Waals surface area contributed by atoms with Gasteiger partial charge in [-0.05, 0) is 31.6 Å². The van der Waals surface area contributed by atoms with Gasteiger partial charge in [0.05, 0.1) is 0 Å². The van der Waals surface area contributed by atoms with Crippen LogP contribution in [0.5, 0.6) is 0 Å². The van der Waals surface area contributed by atoms with Gasteiger partial charge in [-0.2, -0.15) is 0 Å². The van der Waals surface area contributed by atoms with E-state index in [1.807, 2.05) is 0 Å². The highest BCUT2D eigenvalue weighted by atomic mass is 15.1. The molecular formula is C12H20N2. The molecule has 0 bridgehead atoms. The monoisotopic (exact) mass is 192 g/mol. The van der Waals surface area contributed by atoms with E-state index in [9.17, 15) is 0 Å². The number of nitrogens with zero attached hydrogens (tertiary/aromatic N) is 1. The van der Waals surface area contributed by atoms with Gasteiger partial charge in [0.25, 0.3) is 0 Å². The number of aryl methyl sites for hydroxylation is 1. The number of hydrogen-bond acceptors (Lipinski definition) is 2. The molecule has 0 heterocycles. The Morgan fingerprint density at radius 2 is 1.79 bits per heavy atom. The second-order valence-corrected chi connectivity index (χ2v) is 3.81. The maximum atomic E-state index is 5.73. The van der Waals surface area contributed by atoms with Crippen LogP contribution in [0.3, 0.4) is 0 Å². The van der Waals surface area contributed by atoms with Crippen molar-refractivity contribution in [3.05, 3.63) is 35.4 Å². The summed E-state index contributed by atoms with van der Waals surface area (Å²) in [5.41, 5.74) is 8.41. The van der Waals surface area contributed by atoms with E-state index in [1.165, 1.54) is 11.1 Å². The highest BCUT2D eigenvalue weighted by Crippen LogP contribution is 2.17. The number of nitrogens with two attached hydrogens (primary N) is 1. The smallest absolute Gasteiger partial charge is 0.0464 e. The molecule has 0 unspecified atom stereocenters. The molecular weight excluding hydrogens is 172 g/mol. The predicted octanol–water partition coefficient (Wildman–Crippen LogP) is 1.81. The lowest BCUT2D eigenvalue weighted by atomic mass is 10.0. The van der Waals surface area contributed by atoms with Gasteiger partial charge < -0.3 is 10.6 Å². The molecule has 78 valence electrons. The van der Waals surface area contributed by atoms with Crippen molar-refractivity contribution in [3.63, 3.8) is 0 Å². The summed E-state index contributed by atoms with van der Waals surface area (Å²) in [6.45, 7) is 2.83. The Kier molecular flexibility index (Phi) is 4.11. The van der Waals surface area contributed by atoms with Crippen molar-refractivity contribution in [2.45, 2.75) is 19.4 Å². The summed E-state index contributed by atoms with van der Waals surface area (Å²) in [5.74, 6) is 0. The molecule has 0 saturated carbocycles. The van der Waals surface area contributed by atoms with Gasteiger partial charge >= 0.3 is 0 Å². The fourth-order valence-electron chi connectivity index (χ4n) is 1.62. The third-order valence-electron chi connectivity index (χ3n) is 2.62. The molecule has 1 aromatic rings. The molecule has 0 fully saturated rings. The zero-order valence-electron chi connectivity index (χ0n) is 9.33. The molecule has 0 radical (unpaired) electrons. The maximum Gasteiger partial charge on any atom is 0.0464 e. The van der Waals surface area contributed by atoms with Gasteiger partial charge in [0.2, 0.25) is 0 Å². The lowest BCUT2D eigenvalue weighted by Gasteiger charge is -2.23. The summed E-state index contributed by atoms with van der Waals surface area (Å²) >= 11 is 0. The van der Waals surface area contributed by atoms with Gasteiger partial charge in [-0.15, -0.1) is 0 Å². The molecule has 0 aliphatic heterocycles. The van der Waals surface area contributed by atoms with Gasteiger partial charge in [-0.25, -0.2) is 0 Å². The van der Waals surface area contributed by atoms with Gasteiger partial charge in [0.15, 0.2) is 0 Å². The number of rotatable bonds is 4. The molecule has 0 saturated heterocycles. The Balaban J connectivity index is 2.84. The minimum atomic E-state index is 0.334. The Hall–Kier alpha value is -0.860. The van der Waals surface area contributed by atoms with E-state index in [0.717, 1.165) is 6.42 Å². The Bertz CT molecular complexity index is 264. The quantitative estimate of drug-likeness (QED) is 0.788. The van der Waals surface area contributed by atoms with Crippen molar-refractivity contribution < 1.29 is 0 Å². The first kappa shape index (κ1) is 11.2. The minimum absolute atomic E-state index is 0.334. The van der Waals surface area contributed by atoms with Crippen LogP contribution in [-0.2, 0) is 6.42 Å². The van der Waals surface area contributed by atoms with E-state index in [0.29, 0.717) is 12.6 Å². The largest absolute Gasteiger partial charge is 0.329 e. The summed E-state index contributed by atoms with van der Waals surface area (Å²) in [6.07, 6.45) is 1.09. The highest BCUT2D eigenvalue weighted by Gasteiger charge is 2.10. The molecule has 2 N–H and O–H groups in total. The van der Waals surface area contributed by atoms with E-state index in [2.05, 4.69) is 50.2 Å². The van der Waals surface area contributed by atoms with Crippen LogP contribution >= 0.6 is 0 Å². The van der Waals surface area contributed by atoms with Crippen LogP contribution in [0.4, 0.5) is 0 Å². The van der Waals surface area contributed by atoms with Gasteiger partial charge in [-0.1, -0.05) is 31.2 Å². The average molecular weight is 192 g/mol. The summed E-state index contributed by atoms with van der Waals surface area (Å²) in [6, 6.07) is 9.05. The van der Waals surface area contributed by atoms with Crippen LogP contribution in [-0.4, -0.2) is 25.5 Å². The summed E-state index contributed by atoms with van der Waals surface area (Å²) in [4.78, 5) is 2.15. The summed E-state index contributed by atoms with van der Waals surface area (Å²) in [5, 5.41) is 0. The second kappa shape index (κ2) is 5.13. The van der Waals surface area contributed by atoms with Crippen molar-refractivity contribution in [1.82, 2.24) is 4.90 Å². The van der Waals surface area contributed by atoms with E-state index in [-0.39, 0.29) is 0 Å².